The van der Waals surface area contributed by atoms with Crippen molar-refractivity contribution in [2.75, 3.05) is 0 Å². The quantitative estimate of drug-likeness (QED) is 0.936. The Morgan fingerprint density at radius 3 is 2.52 bits per heavy atom. The lowest BCUT2D eigenvalue weighted by atomic mass is 10.1. The maximum Gasteiger partial charge on any atom is 0.254 e. The number of carbonyl (C=O) groups is 1. The molecule has 0 radical (unpaired) electrons. The van der Waals surface area contributed by atoms with E-state index < -0.39 is 11.7 Å². The SMILES string of the molecule is Cc1ccc(F)c(C(=O)NC(C)c2ccc(C#N)cc2)c1. The average molecular weight is 282 g/mol. The predicted molar refractivity (Wildman–Crippen MR) is 78.2 cm³/mol. The molecule has 1 amide bonds. The van der Waals surface area contributed by atoms with E-state index in [9.17, 15) is 9.18 Å². The van der Waals surface area contributed by atoms with Crippen LogP contribution in [0.15, 0.2) is 42.5 Å². The van der Waals surface area contributed by atoms with Gasteiger partial charge < -0.3 is 5.32 Å². The molecule has 0 saturated heterocycles. The second-order valence-corrected chi connectivity index (χ2v) is 4.91. The monoisotopic (exact) mass is 282 g/mol. The van der Waals surface area contributed by atoms with Gasteiger partial charge in [-0.3, -0.25) is 4.79 Å². The van der Waals surface area contributed by atoms with E-state index in [4.69, 9.17) is 5.26 Å². The first kappa shape index (κ1) is 14.7. The van der Waals surface area contributed by atoms with Gasteiger partial charge in [-0.2, -0.15) is 5.26 Å². The molecule has 0 heterocycles. The molecule has 0 saturated carbocycles. The lowest BCUT2D eigenvalue weighted by Gasteiger charge is -2.15. The summed E-state index contributed by atoms with van der Waals surface area (Å²) in [6.07, 6.45) is 0. The fourth-order valence-corrected chi connectivity index (χ4v) is 2.02. The second-order valence-electron chi connectivity index (χ2n) is 4.91. The summed E-state index contributed by atoms with van der Waals surface area (Å²) in [5.41, 5.74) is 2.28. The number of hydrogen-bond acceptors (Lipinski definition) is 2. The maximum absolute atomic E-state index is 13.7. The van der Waals surface area contributed by atoms with Gasteiger partial charge >= 0.3 is 0 Å². The van der Waals surface area contributed by atoms with Gasteiger partial charge in [-0.15, -0.1) is 0 Å². The summed E-state index contributed by atoms with van der Waals surface area (Å²) >= 11 is 0. The molecule has 0 aliphatic heterocycles. The zero-order valence-corrected chi connectivity index (χ0v) is 11.9. The largest absolute Gasteiger partial charge is 0.345 e. The minimum absolute atomic E-state index is 0.0375. The van der Waals surface area contributed by atoms with Gasteiger partial charge in [0, 0.05) is 0 Å². The van der Waals surface area contributed by atoms with Gasteiger partial charge in [0.05, 0.1) is 23.2 Å². The molecule has 0 aliphatic carbocycles. The number of benzene rings is 2. The normalized spacial score (nSPS) is 11.5. The highest BCUT2D eigenvalue weighted by Crippen LogP contribution is 2.16. The molecule has 0 bridgehead atoms. The number of carbonyl (C=O) groups excluding carboxylic acids is 1. The van der Waals surface area contributed by atoms with Crippen LogP contribution in [0.5, 0.6) is 0 Å². The fourth-order valence-electron chi connectivity index (χ4n) is 2.02. The number of nitrogens with zero attached hydrogens (tertiary/aromatic N) is 1. The number of halogens is 1. The zero-order chi connectivity index (χ0) is 15.4. The molecule has 0 aliphatic rings. The van der Waals surface area contributed by atoms with Crippen LogP contribution in [0.1, 0.15) is 40.0 Å². The van der Waals surface area contributed by atoms with E-state index in [0.29, 0.717) is 5.56 Å². The molecule has 0 fully saturated rings. The molecular formula is C17H15FN2O. The number of amides is 1. The Labute approximate surface area is 123 Å². The van der Waals surface area contributed by atoms with Gasteiger partial charge in [-0.05, 0) is 43.7 Å². The number of aryl methyl sites for hydroxylation is 1. The van der Waals surface area contributed by atoms with Crippen LogP contribution in [0.25, 0.3) is 0 Å². The molecule has 21 heavy (non-hydrogen) atoms. The van der Waals surface area contributed by atoms with E-state index in [1.807, 2.05) is 13.0 Å². The number of nitriles is 1. The van der Waals surface area contributed by atoms with Crippen molar-refractivity contribution in [1.82, 2.24) is 5.32 Å². The Morgan fingerprint density at radius 2 is 1.90 bits per heavy atom. The van der Waals surface area contributed by atoms with Crippen LogP contribution in [0.4, 0.5) is 4.39 Å². The number of rotatable bonds is 3. The van der Waals surface area contributed by atoms with Crippen molar-refractivity contribution in [3.05, 3.63) is 70.5 Å². The van der Waals surface area contributed by atoms with E-state index in [1.54, 1.807) is 37.3 Å². The van der Waals surface area contributed by atoms with Crippen LogP contribution in [-0.2, 0) is 0 Å². The summed E-state index contributed by atoms with van der Waals surface area (Å²) in [5.74, 6) is -0.988. The molecule has 106 valence electrons. The summed E-state index contributed by atoms with van der Waals surface area (Å²) in [5, 5.41) is 11.5. The van der Waals surface area contributed by atoms with Crippen LogP contribution in [0.3, 0.4) is 0 Å². The van der Waals surface area contributed by atoms with Crippen LogP contribution >= 0.6 is 0 Å². The Kier molecular flexibility index (Phi) is 4.34. The highest BCUT2D eigenvalue weighted by molar-refractivity contribution is 5.94. The van der Waals surface area contributed by atoms with Gasteiger partial charge in [0.25, 0.3) is 5.91 Å². The third kappa shape index (κ3) is 3.46. The number of hydrogen-bond donors (Lipinski definition) is 1. The van der Waals surface area contributed by atoms with Crippen molar-refractivity contribution < 1.29 is 9.18 Å². The molecule has 2 rings (SSSR count). The number of nitrogens with one attached hydrogen (secondary N) is 1. The van der Waals surface area contributed by atoms with Gasteiger partial charge in [0.15, 0.2) is 0 Å². The van der Waals surface area contributed by atoms with Crippen molar-refractivity contribution in [1.29, 1.82) is 5.26 Å². The third-order valence-corrected chi connectivity index (χ3v) is 3.25. The molecule has 1 unspecified atom stereocenters. The summed E-state index contributed by atoms with van der Waals surface area (Å²) in [7, 11) is 0. The molecule has 4 heteroatoms. The summed E-state index contributed by atoms with van der Waals surface area (Å²) < 4.78 is 13.7. The highest BCUT2D eigenvalue weighted by atomic mass is 19.1. The maximum atomic E-state index is 13.7. The lowest BCUT2D eigenvalue weighted by molar-refractivity contribution is 0.0935. The summed E-state index contributed by atoms with van der Waals surface area (Å²) in [6, 6.07) is 13.1. The van der Waals surface area contributed by atoms with Gasteiger partial charge in [-0.25, -0.2) is 4.39 Å². The minimum Gasteiger partial charge on any atom is -0.345 e. The van der Waals surface area contributed by atoms with E-state index in [2.05, 4.69) is 5.32 Å². The van der Waals surface area contributed by atoms with Gasteiger partial charge in [0.2, 0.25) is 0 Å². The molecule has 1 N–H and O–H groups in total. The molecule has 1 atom stereocenters. The Bertz CT molecular complexity index is 702. The van der Waals surface area contributed by atoms with E-state index >= 15 is 0 Å². The van der Waals surface area contributed by atoms with Crippen LogP contribution in [0.2, 0.25) is 0 Å². The van der Waals surface area contributed by atoms with Crippen molar-refractivity contribution in [2.24, 2.45) is 0 Å². The molecule has 2 aromatic rings. The van der Waals surface area contributed by atoms with E-state index in [1.165, 1.54) is 12.1 Å². The third-order valence-electron chi connectivity index (χ3n) is 3.25. The van der Waals surface area contributed by atoms with Crippen LogP contribution in [-0.4, -0.2) is 5.91 Å². The van der Waals surface area contributed by atoms with E-state index in [0.717, 1.165) is 11.1 Å². The second kappa shape index (κ2) is 6.19. The topological polar surface area (TPSA) is 52.9 Å². The molecule has 0 aromatic heterocycles. The highest BCUT2D eigenvalue weighted by Gasteiger charge is 2.15. The first-order valence-electron chi connectivity index (χ1n) is 6.58. The van der Waals surface area contributed by atoms with Crippen molar-refractivity contribution in [3.63, 3.8) is 0 Å². The molecule has 3 nitrogen and oxygen atoms in total. The van der Waals surface area contributed by atoms with E-state index in [-0.39, 0.29) is 11.6 Å². The van der Waals surface area contributed by atoms with Crippen LogP contribution in [0, 0.1) is 24.1 Å². The smallest absolute Gasteiger partial charge is 0.254 e. The van der Waals surface area contributed by atoms with Crippen molar-refractivity contribution in [3.8, 4) is 6.07 Å². The van der Waals surface area contributed by atoms with Crippen LogP contribution < -0.4 is 5.32 Å². The Hall–Kier alpha value is -2.67. The van der Waals surface area contributed by atoms with Gasteiger partial charge in [-0.1, -0.05) is 23.8 Å². The van der Waals surface area contributed by atoms with Crippen molar-refractivity contribution in [2.45, 2.75) is 19.9 Å². The first-order valence-corrected chi connectivity index (χ1v) is 6.58. The molecule has 2 aromatic carbocycles. The van der Waals surface area contributed by atoms with Gasteiger partial charge in [0.1, 0.15) is 5.82 Å². The zero-order valence-electron chi connectivity index (χ0n) is 11.9. The standard InChI is InChI=1S/C17H15FN2O/c1-11-3-8-16(18)15(9-11)17(21)20-12(2)14-6-4-13(10-19)5-7-14/h3-9,12H,1-2H3,(H,20,21). The molecule has 0 spiro atoms. The lowest BCUT2D eigenvalue weighted by Crippen LogP contribution is -2.27. The summed E-state index contributed by atoms with van der Waals surface area (Å²) in [4.78, 5) is 12.1. The summed E-state index contributed by atoms with van der Waals surface area (Å²) in [6.45, 7) is 3.62. The Balaban J connectivity index is 2.14. The van der Waals surface area contributed by atoms with Crippen molar-refractivity contribution >= 4 is 5.91 Å². The fraction of sp³-hybridized carbons (Fsp3) is 0.176. The first-order chi connectivity index (χ1) is 10.0. The Morgan fingerprint density at radius 1 is 1.24 bits per heavy atom. The predicted octanol–water partition coefficient (Wildman–Crippen LogP) is 3.50. The minimum atomic E-state index is -0.537. The molecular weight excluding hydrogens is 267 g/mol. The average Bonchev–Trinajstić information content (AvgIpc) is 2.49.